The average Bonchev–Trinajstić information content (AvgIpc) is 3.12. The molecule has 1 unspecified atom stereocenters. The Morgan fingerprint density at radius 2 is 1.96 bits per heavy atom. The van der Waals surface area contributed by atoms with E-state index in [2.05, 4.69) is 58.9 Å². The molecule has 4 heteroatoms. The highest BCUT2D eigenvalue weighted by Gasteiger charge is 2.21. The van der Waals surface area contributed by atoms with Crippen molar-refractivity contribution in [3.8, 4) is 0 Å². The molecule has 1 saturated heterocycles. The predicted octanol–water partition coefficient (Wildman–Crippen LogP) is 3.88. The summed E-state index contributed by atoms with van der Waals surface area (Å²) in [7, 11) is 0. The predicted molar refractivity (Wildman–Crippen MR) is 100 cm³/mol. The van der Waals surface area contributed by atoms with Gasteiger partial charge in [-0.25, -0.2) is 0 Å². The van der Waals surface area contributed by atoms with Crippen LogP contribution in [-0.2, 0) is 11.2 Å². The molecule has 1 fully saturated rings. The fraction of sp³-hybridized carbons (Fsp3) is 0.450. The van der Waals surface area contributed by atoms with Crippen molar-refractivity contribution in [2.24, 2.45) is 5.92 Å². The Morgan fingerprint density at radius 3 is 2.62 bits per heavy atom. The molecule has 2 heterocycles. The average molecular weight is 343 g/mol. The van der Waals surface area contributed by atoms with Gasteiger partial charge in [-0.3, -0.25) is 9.69 Å². The lowest BCUT2D eigenvalue weighted by Crippen LogP contribution is -2.42. The van der Waals surface area contributed by atoms with Gasteiger partial charge in [0.05, 0.1) is 12.6 Å². The third-order valence-corrected chi connectivity index (χ3v) is 5.84. The fourth-order valence-corrected chi connectivity index (χ4v) is 4.13. The van der Waals surface area contributed by atoms with Gasteiger partial charge in [-0.2, -0.15) is 0 Å². The molecule has 24 heavy (non-hydrogen) atoms. The molecule has 3 nitrogen and oxygen atoms in total. The second-order valence-electron chi connectivity index (χ2n) is 6.71. The third-order valence-electron chi connectivity index (χ3n) is 4.79. The summed E-state index contributed by atoms with van der Waals surface area (Å²) in [4.78, 5) is 15.7. The Kier molecular flexibility index (Phi) is 6.05. The largest absolute Gasteiger partial charge is 0.348 e. The third kappa shape index (κ3) is 4.92. The molecular weight excluding hydrogens is 316 g/mol. The molecule has 128 valence electrons. The second-order valence-corrected chi connectivity index (χ2v) is 7.69. The smallest absolute Gasteiger partial charge is 0.234 e. The van der Waals surface area contributed by atoms with Crippen LogP contribution >= 0.6 is 11.3 Å². The number of carbonyl (C=O) groups is 1. The van der Waals surface area contributed by atoms with E-state index in [1.165, 1.54) is 23.3 Å². The monoisotopic (exact) mass is 342 g/mol. The molecule has 0 aliphatic carbocycles. The van der Waals surface area contributed by atoms with E-state index in [1.807, 2.05) is 6.07 Å². The molecule has 1 aromatic heterocycles. The molecule has 3 rings (SSSR count). The van der Waals surface area contributed by atoms with E-state index < -0.39 is 0 Å². The van der Waals surface area contributed by atoms with E-state index >= 15 is 0 Å². The van der Waals surface area contributed by atoms with Crippen molar-refractivity contribution in [3.05, 3.63) is 58.3 Å². The van der Waals surface area contributed by atoms with Gasteiger partial charge in [-0.05, 0) is 62.2 Å². The minimum Gasteiger partial charge on any atom is -0.348 e. The van der Waals surface area contributed by atoms with Crippen LogP contribution in [0, 0.1) is 5.92 Å². The first-order valence-electron chi connectivity index (χ1n) is 8.80. The zero-order chi connectivity index (χ0) is 16.8. The van der Waals surface area contributed by atoms with Crippen LogP contribution in [0.2, 0.25) is 0 Å². The van der Waals surface area contributed by atoms with E-state index in [0.717, 1.165) is 25.4 Å². The van der Waals surface area contributed by atoms with Gasteiger partial charge in [0.1, 0.15) is 0 Å². The first kappa shape index (κ1) is 17.2. The van der Waals surface area contributed by atoms with E-state index in [1.54, 1.807) is 11.3 Å². The van der Waals surface area contributed by atoms with Crippen LogP contribution in [0.1, 0.15) is 36.2 Å². The van der Waals surface area contributed by atoms with Gasteiger partial charge in [-0.1, -0.05) is 36.4 Å². The van der Waals surface area contributed by atoms with Gasteiger partial charge in [0.15, 0.2) is 0 Å². The molecule has 1 amide bonds. The van der Waals surface area contributed by atoms with Gasteiger partial charge in [-0.15, -0.1) is 11.3 Å². The Balaban J connectivity index is 1.39. The number of rotatable bonds is 6. The lowest BCUT2D eigenvalue weighted by atomic mass is 9.90. The molecule has 0 bridgehead atoms. The summed E-state index contributed by atoms with van der Waals surface area (Å²) in [6.45, 7) is 4.63. The molecule has 1 atom stereocenters. The number of hydrogen-bond donors (Lipinski definition) is 1. The minimum absolute atomic E-state index is 0.105. The van der Waals surface area contributed by atoms with Crippen LogP contribution in [-0.4, -0.2) is 30.4 Å². The summed E-state index contributed by atoms with van der Waals surface area (Å²) in [5.41, 5.74) is 1.43. The quantitative estimate of drug-likeness (QED) is 0.864. The van der Waals surface area contributed by atoms with Gasteiger partial charge >= 0.3 is 0 Å². The first-order valence-corrected chi connectivity index (χ1v) is 9.67. The van der Waals surface area contributed by atoms with Gasteiger partial charge in [0.2, 0.25) is 5.91 Å². The van der Waals surface area contributed by atoms with Gasteiger partial charge in [0.25, 0.3) is 0 Å². The van der Waals surface area contributed by atoms with Crippen LogP contribution in [0.15, 0.2) is 47.8 Å². The highest BCUT2D eigenvalue weighted by Crippen LogP contribution is 2.22. The molecule has 1 aliphatic rings. The molecule has 1 aliphatic heterocycles. The molecule has 0 saturated carbocycles. The van der Waals surface area contributed by atoms with E-state index in [-0.39, 0.29) is 11.9 Å². The van der Waals surface area contributed by atoms with Crippen LogP contribution in [0.4, 0.5) is 0 Å². The maximum absolute atomic E-state index is 12.2. The Labute approximate surface area is 148 Å². The van der Waals surface area contributed by atoms with Crippen molar-refractivity contribution in [2.45, 2.75) is 32.2 Å². The van der Waals surface area contributed by atoms with Crippen molar-refractivity contribution < 1.29 is 4.79 Å². The summed E-state index contributed by atoms with van der Waals surface area (Å²) in [6, 6.07) is 14.9. The molecular formula is C20H26N2OS. The van der Waals surface area contributed by atoms with Crippen molar-refractivity contribution in [2.75, 3.05) is 19.6 Å². The lowest BCUT2D eigenvalue weighted by Gasteiger charge is -2.31. The highest BCUT2D eigenvalue weighted by molar-refractivity contribution is 7.10. The standard InChI is InChI=1S/C20H26N2OS/c1-16(19-8-5-13-24-19)21-20(23)15-22-11-9-18(10-12-22)14-17-6-3-2-4-7-17/h2-8,13,16,18H,9-12,14-15H2,1H3,(H,21,23). The van der Waals surface area contributed by atoms with Gasteiger partial charge in [0, 0.05) is 4.88 Å². The van der Waals surface area contributed by atoms with E-state index in [0.29, 0.717) is 6.54 Å². The summed E-state index contributed by atoms with van der Waals surface area (Å²) >= 11 is 1.69. The highest BCUT2D eigenvalue weighted by atomic mass is 32.1. The van der Waals surface area contributed by atoms with E-state index in [9.17, 15) is 4.79 Å². The maximum atomic E-state index is 12.2. The van der Waals surface area contributed by atoms with Crippen LogP contribution in [0.5, 0.6) is 0 Å². The number of nitrogens with one attached hydrogen (secondary N) is 1. The Bertz CT molecular complexity index is 618. The summed E-state index contributed by atoms with van der Waals surface area (Å²) in [5, 5.41) is 5.16. The van der Waals surface area contributed by atoms with Crippen LogP contribution < -0.4 is 5.32 Å². The second kappa shape index (κ2) is 8.45. The minimum atomic E-state index is 0.105. The number of nitrogens with zero attached hydrogens (tertiary/aromatic N) is 1. The number of thiophene rings is 1. The zero-order valence-electron chi connectivity index (χ0n) is 14.3. The molecule has 1 N–H and O–H groups in total. The van der Waals surface area contributed by atoms with E-state index in [4.69, 9.17) is 0 Å². The maximum Gasteiger partial charge on any atom is 0.234 e. The van der Waals surface area contributed by atoms with Crippen molar-refractivity contribution in [1.29, 1.82) is 0 Å². The lowest BCUT2D eigenvalue weighted by molar-refractivity contribution is -0.123. The Hall–Kier alpha value is -1.65. The topological polar surface area (TPSA) is 32.3 Å². The van der Waals surface area contributed by atoms with Gasteiger partial charge < -0.3 is 5.32 Å². The van der Waals surface area contributed by atoms with Crippen molar-refractivity contribution in [3.63, 3.8) is 0 Å². The van der Waals surface area contributed by atoms with Crippen LogP contribution in [0.3, 0.4) is 0 Å². The number of likely N-dealkylation sites (tertiary alicyclic amines) is 1. The number of amides is 1. The fourth-order valence-electron chi connectivity index (χ4n) is 3.40. The zero-order valence-corrected chi connectivity index (χ0v) is 15.1. The van der Waals surface area contributed by atoms with Crippen LogP contribution in [0.25, 0.3) is 0 Å². The summed E-state index contributed by atoms with van der Waals surface area (Å²) in [5.74, 6) is 0.883. The normalized spacial score (nSPS) is 17.5. The molecule has 0 spiro atoms. The SMILES string of the molecule is CC(NC(=O)CN1CCC(Cc2ccccc2)CC1)c1cccs1. The Morgan fingerprint density at radius 1 is 1.21 bits per heavy atom. The molecule has 1 aromatic carbocycles. The number of benzene rings is 1. The number of carbonyl (C=O) groups excluding carboxylic acids is 1. The summed E-state index contributed by atoms with van der Waals surface area (Å²) < 4.78 is 0. The summed E-state index contributed by atoms with van der Waals surface area (Å²) in [6.07, 6.45) is 3.53. The number of hydrogen-bond acceptors (Lipinski definition) is 3. The van der Waals surface area contributed by atoms with Crippen molar-refractivity contribution in [1.82, 2.24) is 10.2 Å². The molecule has 0 radical (unpaired) electrons. The molecule has 2 aromatic rings. The van der Waals surface area contributed by atoms with Crippen molar-refractivity contribution >= 4 is 17.2 Å². The first-order chi connectivity index (χ1) is 11.7. The number of piperidine rings is 1.